The second kappa shape index (κ2) is 12.7. The highest BCUT2D eigenvalue weighted by Crippen LogP contribution is 2.31. The molecule has 0 aliphatic carbocycles. The molecule has 0 radical (unpaired) electrons. The fourth-order valence-corrected chi connectivity index (χ4v) is 4.02. The van der Waals surface area contributed by atoms with E-state index in [1.165, 1.54) is 5.56 Å². The molecule has 29 heavy (non-hydrogen) atoms. The smallest absolute Gasteiger partial charge is 0.191 e. The topological polar surface area (TPSA) is 78.4 Å². The van der Waals surface area contributed by atoms with Crippen LogP contribution in [0.25, 0.3) is 0 Å². The Morgan fingerprint density at radius 1 is 1.17 bits per heavy atom. The molecule has 2 saturated heterocycles. The van der Waals surface area contributed by atoms with Gasteiger partial charge in [0, 0.05) is 51.9 Å². The molecule has 2 heterocycles. The Morgan fingerprint density at radius 2 is 1.93 bits per heavy atom. The second-order valence-corrected chi connectivity index (χ2v) is 7.66. The Balaban J connectivity index is 0.00000300. The van der Waals surface area contributed by atoms with Gasteiger partial charge >= 0.3 is 0 Å². The Labute approximate surface area is 191 Å². The average Bonchev–Trinajstić information content (AvgIpc) is 3.21. The van der Waals surface area contributed by atoms with Gasteiger partial charge in [-0.05, 0) is 18.4 Å². The molecule has 0 bridgehead atoms. The minimum absolute atomic E-state index is 0. The summed E-state index contributed by atoms with van der Waals surface area (Å²) in [5.41, 5.74) is 1.29. The first-order valence-electron chi connectivity index (χ1n) is 10.3. The fourth-order valence-electron chi connectivity index (χ4n) is 4.02. The highest BCUT2D eigenvalue weighted by molar-refractivity contribution is 14.0. The van der Waals surface area contributed by atoms with Crippen LogP contribution in [-0.4, -0.2) is 82.2 Å². The molecule has 1 aromatic rings. The molecule has 3 rings (SSSR count). The highest BCUT2D eigenvalue weighted by atomic mass is 127. The molecule has 2 aliphatic rings. The zero-order valence-corrected chi connectivity index (χ0v) is 19.6. The zero-order valence-electron chi connectivity index (χ0n) is 17.3. The van der Waals surface area contributed by atoms with Crippen molar-refractivity contribution in [2.75, 3.05) is 66.3 Å². The van der Waals surface area contributed by atoms with E-state index in [-0.39, 0.29) is 42.0 Å². The van der Waals surface area contributed by atoms with Crippen LogP contribution in [0.3, 0.4) is 0 Å². The molecule has 8 heteroatoms. The Bertz CT molecular complexity index is 605. The Hall–Kier alpha value is -0.940. The van der Waals surface area contributed by atoms with Gasteiger partial charge in [0.15, 0.2) is 5.96 Å². The van der Waals surface area contributed by atoms with E-state index >= 15 is 0 Å². The van der Waals surface area contributed by atoms with Gasteiger partial charge in [-0.2, -0.15) is 0 Å². The average molecular weight is 518 g/mol. The molecule has 0 spiro atoms. The number of nitrogens with one attached hydrogen (secondary N) is 2. The zero-order chi connectivity index (χ0) is 19.7. The molecule has 0 saturated carbocycles. The molecular formula is C21H35IN4O3. The van der Waals surface area contributed by atoms with Gasteiger partial charge in [0.1, 0.15) is 0 Å². The lowest BCUT2D eigenvalue weighted by molar-refractivity contribution is 0.0170. The summed E-state index contributed by atoms with van der Waals surface area (Å²) in [5.74, 6) is 0.790. The predicted octanol–water partition coefficient (Wildman–Crippen LogP) is 1.63. The number of aliphatic imine (C=N–C) groups is 1. The van der Waals surface area contributed by atoms with Crippen LogP contribution in [0, 0.1) is 5.41 Å². The molecule has 1 aromatic carbocycles. The lowest BCUT2D eigenvalue weighted by Gasteiger charge is -2.35. The van der Waals surface area contributed by atoms with Crippen LogP contribution < -0.4 is 10.6 Å². The first kappa shape index (κ1) is 24.3. The molecule has 164 valence electrons. The van der Waals surface area contributed by atoms with Crippen molar-refractivity contribution in [2.45, 2.75) is 18.9 Å². The summed E-state index contributed by atoms with van der Waals surface area (Å²) in [6.45, 7) is 6.59. The molecule has 3 N–H and O–H groups in total. The fraction of sp³-hybridized carbons (Fsp3) is 0.667. The van der Waals surface area contributed by atoms with Gasteiger partial charge in [-0.15, -0.1) is 24.0 Å². The molecule has 2 atom stereocenters. The summed E-state index contributed by atoms with van der Waals surface area (Å²) in [5, 5.41) is 16.4. The molecule has 2 unspecified atom stereocenters. The number of morpholine rings is 1. The monoisotopic (exact) mass is 518 g/mol. The SMILES string of the molecule is CN=C(NCC(c1ccccc1)N1CCOCC1)NCC1(CCO)CCOC1.I. The van der Waals surface area contributed by atoms with E-state index in [2.05, 4.69) is 50.9 Å². The van der Waals surface area contributed by atoms with Crippen LogP contribution in [0.1, 0.15) is 24.4 Å². The van der Waals surface area contributed by atoms with Crippen molar-refractivity contribution in [1.29, 1.82) is 0 Å². The molecule has 0 aromatic heterocycles. The minimum atomic E-state index is -0.00455. The number of benzene rings is 1. The van der Waals surface area contributed by atoms with Crippen molar-refractivity contribution >= 4 is 29.9 Å². The van der Waals surface area contributed by atoms with Gasteiger partial charge in [-0.25, -0.2) is 0 Å². The summed E-state index contributed by atoms with van der Waals surface area (Å²) in [6, 6.07) is 10.9. The van der Waals surface area contributed by atoms with E-state index in [1.807, 2.05) is 0 Å². The van der Waals surface area contributed by atoms with Gasteiger partial charge in [-0.1, -0.05) is 30.3 Å². The number of nitrogens with zero attached hydrogens (tertiary/aromatic N) is 2. The summed E-state index contributed by atoms with van der Waals surface area (Å²) in [6.07, 6.45) is 1.72. The maximum absolute atomic E-state index is 9.42. The molecule has 2 aliphatic heterocycles. The van der Waals surface area contributed by atoms with Gasteiger partial charge in [0.05, 0.1) is 25.9 Å². The van der Waals surface area contributed by atoms with Crippen molar-refractivity contribution in [3.05, 3.63) is 35.9 Å². The molecule has 2 fully saturated rings. The maximum atomic E-state index is 9.42. The number of hydrogen-bond acceptors (Lipinski definition) is 5. The third-order valence-corrected chi connectivity index (χ3v) is 5.82. The van der Waals surface area contributed by atoms with Crippen molar-refractivity contribution in [1.82, 2.24) is 15.5 Å². The number of hydrogen-bond donors (Lipinski definition) is 3. The lowest BCUT2D eigenvalue weighted by Crippen LogP contribution is -2.48. The standard InChI is InChI=1S/C21H34N4O3.HI/c1-22-20(24-16-21(7-11-26)8-12-28-17-21)23-15-19(18-5-3-2-4-6-18)25-9-13-27-14-10-25;/h2-6,19,26H,7-17H2,1H3,(H2,22,23,24);1H. The normalized spacial score (nSPS) is 24.0. The van der Waals surface area contributed by atoms with Gasteiger partial charge in [-0.3, -0.25) is 9.89 Å². The van der Waals surface area contributed by atoms with E-state index in [0.717, 1.165) is 64.8 Å². The molecule has 7 nitrogen and oxygen atoms in total. The summed E-state index contributed by atoms with van der Waals surface area (Å²) < 4.78 is 11.1. The second-order valence-electron chi connectivity index (χ2n) is 7.66. The molecular weight excluding hydrogens is 483 g/mol. The summed E-state index contributed by atoms with van der Waals surface area (Å²) in [7, 11) is 1.80. The number of aliphatic hydroxyl groups is 1. The minimum Gasteiger partial charge on any atom is -0.396 e. The predicted molar refractivity (Wildman–Crippen MR) is 126 cm³/mol. The number of guanidine groups is 1. The maximum Gasteiger partial charge on any atom is 0.191 e. The first-order chi connectivity index (χ1) is 13.8. The van der Waals surface area contributed by atoms with E-state index in [4.69, 9.17) is 9.47 Å². The number of halogens is 1. The largest absolute Gasteiger partial charge is 0.396 e. The van der Waals surface area contributed by atoms with Crippen LogP contribution in [0.15, 0.2) is 35.3 Å². The van der Waals surface area contributed by atoms with Crippen LogP contribution in [0.2, 0.25) is 0 Å². The van der Waals surface area contributed by atoms with Crippen molar-refractivity contribution < 1.29 is 14.6 Å². The van der Waals surface area contributed by atoms with Crippen LogP contribution in [0.4, 0.5) is 0 Å². The van der Waals surface area contributed by atoms with Gasteiger partial charge < -0.3 is 25.2 Å². The Kier molecular flexibility index (Phi) is 10.6. The highest BCUT2D eigenvalue weighted by Gasteiger charge is 2.34. The Morgan fingerprint density at radius 3 is 2.55 bits per heavy atom. The van der Waals surface area contributed by atoms with E-state index in [9.17, 15) is 5.11 Å². The molecule has 0 amide bonds. The quantitative estimate of drug-likeness (QED) is 0.276. The van der Waals surface area contributed by atoms with E-state index < -0.39 is 0 Å². The summed E-state index contributed by atoms with van der Waals surface area (Å²) >= 11 is 0. The van der Waals surface area contributed by atoms with Crippen LogP contribution in [-0.2, 0) is 9.47 Å². The number of ether oxygens (including phenoxy) is 2. The van der Waals surface area contributed by atoms with Crippen molar-refractivity contribution in [3.63, 3.8) is 0 Å². The number of aliphatic hydroxyl groups excluding tert-OH is 1. The van der Waals surface area contributed by atoms with Crippen molar-refractivity contribution in [2.24, 2.45) is 10.4 Å². The van der Waals surface area contributed by atoms with Gasteiger partial charge in [0.25, 0.3) is 0 Å². The van der Waals surface area contributed by atoms with E-state index in [0.29, 0.717) is 6.61 Å². The third kappa shape index (κ3) is 7.06. The lowest BCUT2D eigenvalue weighted by atomic mass is 9.84. The van der Waals surface area contributed by atoms with Crippen LogP contribution >= 0.6 is 24.0 Å². The summed E-state index contributed by atoms with van der Waals surface area (Å²) in [4.78, 5) is 6.87. The van der Waals surface area contributed by atoms with Crippen LogP contribution in [0.5, 0.6) is 0 Å². The third-order valence-electron chi connectivity index (χ3n) is 5.82. The number of rotatable bonds is 8. The van der Waals surface area contributed by atoms with Crippen molar-refractivity contribution in [3.8, 4) is 0 Å². The van der Waals surface area contributed by atoms with E-state index in [1.54, 1.807) is 7.05 Å². The first-order valence-corrected chi connectivity index (χ1v) is 10.3. The van der Waals surface area contributed by atoms with Gasteiger partial charge in [0.2, 0.25) is 0 Å².